The molecule has 0 bridgehead atoms. The lowest BCUT2D eigenvalue weighted by molar-refractivity contribution is 0.00570. The molecular formula is C15H22O3. The minimum Gasteiger partial charge on any atom is -0.491 e. The summed E-state index contributed by atoms with van der Waals surface area (Å²) in [6, 6.07) is 7.80. The quantitative estimate of drug-likeness (QED) is 0.756. The second kappa shape index (κ2) is 5.72. The van der Waals surface area contributed by atoms with Gasteiger partial charge in [0.15, 0.2) is 0 Å². The Kier molecular flexibility index (Phi) is 4.25. The molecule has 2 rings (SSSR count). The average molecular weight is 250 g/mol. The Morgan fingerprint density at radius 1 is 1.28 bits per heavy atom. The molecule has 1 aliphatic rings. The number of benzene rings is 1. The molecule has 3 nitrogen and oxygen atoms in total. The van der Waals surface area contributed by atoms with E-state index in [-0.39, 0.29) is 0 Å². The number of methoxy groups -OCH3 is 1. The van der Waals surface area contributed by atoms with Gasteiger partial charge in [-0.15, -0.1) is 0 Å². The fourth-order valence-electron chi connectivity index (χ4n) is 2.45. The van der Waals surface area contributed by atoms with Crippen LogP contribution in [0, 0.1) is 5.92 Å². The molecule has 1 aromatic rings. The van der Waals surface area contributed by atoms with E-state index in [0.717, 1.165) is 30.6 Å². The highest BCUT2D eigenvalue weighted by molar-refractivity contribution is 5.39. The molecular weight excluding hydrogens is 228 g/mol. The van der Waals surface area contributed by atoms with Gasteiger partial charge in [-0.05, 0) is 31.2 Å². The van der Waals surface area contributed by atoms with Crippen LogP contribution < -0.4 is 4.74 Å². The van der Waals surface area contributed by atoms with Crippen molar-refractivity contribution >= 4 is 0 Å². The van der Waals surface area contributed by atoms with Crippen LogP contribution in [-0.4, -0.2) is 25.4 Å². The van der Waals surface area contributed by atoms with Crippen molar-refractivity contribution in [3.05, 3.63) is 29.8 Å². The Bertz CT molecular complexity index is 387. The molecule has 1 fully saturated rings. The van der Waals surface area contributed by atoms with Gasteiger partial charge in [0.2, 0.25) is 0 Å². The Hall–Kier alpha value is -1.06. The summed E-state index contributed by atoms with van der Waals surface area (Å²) < 4.78 is 10.7. The maximum Gasteiger partial charge on any atom is 0.125 e. The lowest BCUT2D eigenvalue weighted by Crippen LogP contribution is -2.28. The van der Waals surface area contributed by atoms with Crippen molar-refractivity contribution in [2.45, 2.75) is 31.8 Å². The van der Waals surface area contributed by atoms with Gasteiger partial charge in [0, 0.05) is 12.7 Å². The SMILES string of the molecule is CCC(O)(c1ccccc1OCCOC)C1CC1. The van der Waals surface area contributed by atoms with Crippen molar-refractivity contribution in [1.82, 2.24) is 0 Å². The lowest BCUT2D eigenvalue weighted by Gasteiger charge is -2.29. The van der Waals surface area contributed by atoms with Gasteiger partial charge >= 0.3 is 0 Å². The summed E-state index contributed by atoms with van der Waals surface area (Å²) in [5.74, 6) is 1.17. The van der Waals surface area contributed by atoms with Crippen LogP contribution in [0.2, 0.25) is 0 Å². The number of hydrogen-bond donors (Lipinski definition) is 1. The summed E-state index contributed by atoms with van der Waals surface area (Å²) >= 11 is 0. The molecule has 3 heteroatoms. The topological polar surface area (TPSA) is 38.7 Å². The van der Waals surface area contributed by atoms with E-state index < -0.39 is 5.60 Å². The number of ether oxygens (including phenoxy) is 2. The maximum absolute atomic E-state index is 10.9. The first kappa shape index (κ1) is 13.4. The van der Waals surface area contributed by atoms with Crippen LogP contribution in [-0.2, 0) is 10.3 Å². The molecule has 18 heavy (non-hydrogen) atoms. The summed E-state index contributed by atoms with van der Waals surface area (Å²) in [4.78, 5) is 0. The van der Waals surface area contributed by atoms with Crippen LogP contribution >= 0.6 is 0 Å². The van der Waals surface area contributed by atoms with Gasteiger partial charge in [-0.1, -0.05) is 25.1 Å². The molecule has 1 atom stereocenters. The van der Waals surface area contributed by atoms with Gasteiger partial charge < -0.3 is 14.6 Å². The van der Waals surface area contributed by atoms with Crippen molar-refractivity contribution in [2.75, 3.05) is 20.3 Å². The molecule has 0 aromatic heterocycles. The number of rotatable bonds is 7. The first-order valence-corrected chi connectivity index (χ1v) is 6.66. The van der Waals surface area contributed by atoms with Gasteiger partial charge in [0.05, 0.1) is 12.2 Å². The predicted octanol–water partition coefficient (Wildman–Crippen LogP) is 2.72. The summed E-state index contributed by atoms with van der Waals surface area (Å²) in [5.41, 5.74) is 0.190. The van der Waals surface area contributed by atoms with E-state index in [1.54, 1.807) is 7.11 Å². The zero-order chi connectivity index (χ0) is 13.0. The Balaban J connectivity index is 2.20. The van der Waals surface area contributed by atoms with Crippen LogP contribution in [0.15, 0.2) is 24.3 Å². The maximum atomic E-state index is 10.9. The molecule has 1 aliphatic carbocycles. The van der Waals surface area contributed by atoms with Crippen LogP contribution in [0.1, 0.15) is 31.7 Å². The van der Waals surface area contributed by atoms with Gasteiger partial charge in [0.25, 0.3) is 0 Å². The minimum atomic E-state index is -0.732. The normalized spacial score (nSPS) is 18.4. The molecule has 0 spiro atoms. The van der Waals surface area contributed by atoms with E-state index in [4.69, 9.17) is 9.47 Å². The van der Waals surface area contributed by atoms with Crippen molar-refractivity contribution in [1.29, 1.82) is 0 Å². The molecule has 0 heterocycles. The Labute approximate surface area is 109 Å². The third-order valence-corrected chi connectivity index (χ3v) is 3.69. The minimum absolute atomic E-state index is 0.384. The van der Waals surface area contributed by atoms with E-state index >= 15 is 0 Å². The lowest BCUT2D eigenvalue weighted by atomic mass is 9.86. The third kappa shape index (κ3) is 2.68. The zero-order valence-corrected chi connectivity index (χ0v) is 11.2. The van der Waals surface area contributed by atoms with Crippen LogP contribution in [0.5, 0.6) is 5.75 Å². The van der Waals surface area contributed by atoms with Crippen LogP contribution in [0.25, 0.3) is 0 Å². The summed E-state index contributed by atoms with van der Waals surface area (Å²) in [6.45, 7) is 3.10. The van der Waals surface area contributed by atoms with Gasteiger partial charge in [-0.3, -0.25) is 0 Å². The van der Waals surface area contributed by atoms with Crippen molar-refractivity contribution in [2.24, 2.45) is 5.92 Å². The van der Waals surface area contributed by atoms with Crippen molar-refractivity contribution in [3.63, 3.8) is 0 Å². The standard InChI is InChI=1S/C15H22O3/c1-3-15(16,12-8-9-12)13-6-4-5-7-14(13)18-11-10-17-2/h4-7,12,16H,3,8-11H2,1-2H3. The van der Waals surface area contributed by atoms with E-state index in [2.05, 4.69) is 0 Å². The van der Waals surface area contributed by atoms with Crippen molar-refractivity contribution < 1.29 is 14.6 Å². The fourth-order valence-corrected chi connectivity index (χ4v) is 2.45. The van der Waals surface area contributed by atoms with E-state index in [0.29, 0.717) is 19.1 Å². The zero-order valence-electron chi connectivity index (χ0n) is 11.2. The number of aliphatic hydroxyl groups is 1. The molecule has 0 saturated heterocycles. The highest BCUT2D eigenvalue weighted by Gasteiger charge is 2.45. The summed E-state index contributed by atoms with van der Waals surface area (Å²) in [5, 5.41) is 10.9. The first-order chi connectivity index (χ1) is 8.72. The monoisotopic (exact) mass is 250 g/mol. The van der Waals surface area contributed by atoms with E-state index in [1.807, 2.05) is 31.2 Å². The van der Waals surface area contributed by atoms with Gasteiger partial charge in [0.1, 0.15) is 12.4 Å². The molecule has 0 aliphatic heterocycles. The summed E-state index contributed by atoms with van der Waals surface area (Å²) in [6.07, 6.45) is 2.94. The average Bonchev–Trinajstić information content (AvgIpc) is 3.23. The van der Waals surface area contributed by atoms with E-state index in [1.165, 1.54) is 0 Å². The Morgan fingerprint density at radius 2 is 2.00 bits per heavy atom. The van der Waals surface area contributed by atoms with Gasteiger partial charge in [-0.25, -0.2) is 0 Å². The molecule has 1 unspecified atom stereocenters. The number of para-hydroxylation sites is 1. The molecule has 0 amide bonds. The van der Waals surface area contributed by atoms with Crippen LogP contribution in [0.4, 0.5) is 0 Å². The second-order valence-electron chi connectivity index (χ2n) is 4.89. The van der Waals surface area contributed by atoms with Crippen LogP contribution in [0.3, 0.4) is 0 Å². The molecule has 1 N–H and O–H groups in total. The molecule has 1 saturated carbocycles. The first-order valence-electron chi connectivity index (χ1n) is 6.66. The van der Waals surface area contributed by atoms with Gasteiger partial charge in [-0.2, -0.15) is 0 Å². The summed E-state index contributed by atoms with van der Waals surface area (Å²) in [7, 11) is 1.65. The second-order valence-corrected chi connectivity index (χ2v) is 4.89. The Morgan fingerprint density at radius 3 is 2.61 bits per heavy atom. The molecule has 0 radical (unpaired) electrons. The van der Waals surface area contributed by atoms with Crippen molar-refractivity contribution in [3.8, 4) is 5.75 Å². The molecule has 100 valence electrons. The fraction of sp³-hybridized carbons (Fsp3) is 0.600. The molecule has 1 aromatic carbocycles. The largest absolute Gasteiger partial charge is 0.491 e. The smallest absolute Gasteiger partial charge is 0.125 e. The highest BCUT2D eigenvalue weighted by Crippen LogP contribution is 2.49. The number of hydrogen-bond acceptors (Lipinski definition) is 3. The third-order valence-electron chi connectivity index (χ3n) is 3.69. The van der Waals surface area contributed by atoms with E-state index in [9.17, 15) is 5.11 Å². The predicted molar refractivity (Wildman–Crippen MR) is 70.7 cm³/mol. The highest BCUT2D eigenvalue weighted by atomic mass is 16.5.